The van der Waals surface area contributed by atoms with Gasteiger partial charge >= 0.3 is 0 Å². The predicted octanol–water partition coefficient (Wildman–Crippen LogP) is 2.56. The summed E-state index contributed by atoms with van der Waals surface area (Å²) in [5.74, 6) is 0. The van der Waals surface area contributed by atoms with Crippen LogP contribution in [0.5, 0.6) is 0 Å². The molecule has 1 aromatic rings. The first-order chi connectivity index (χ1) is 8.60. The highest BCUT2D eigenvalue weighted by molar-refractivity contribution is 9.10. The van der Waals surface area contributed by atoms with Crippen LogP contribution >= 0.6 is 15.9 Å². The van der Waals surface area contributed by atoms with Crippen molar-refractivity contribution >= 4 is 15.9 Å². The van der Waals surface area contributed by atoms with Crippen LogP contribution in [0.4, 0.5) is 0 Å². The molecule has 0 amide bonds. The van der Waals surface area contributed by atoms with Gasteiger partial charge in [-0.05, 0) is 31.5 Å². The number of nitrogens with two attached hydrogens (primary N) is 1. The molecule has 0 saturated carbocycles. The summed E-state index contributed by atoms with van der Waals surface area (Å²) in [6.07, 6.45) is 0.552. The molecule has 0 bridgehead atoms. The van der Waals surface area contributed by atoms with Crippen LogP contribution in [0.1, 0.15) is 25.5 Å². The van der Waals surface area contributed by atoms with Gasteiger partial charge in [0.1, 0.15) is 0 Å². The van der Waals surface area contributed by atoms with E-state index in [-0.39, 0.29) is 18.2 Å². The third-order valence-electron chi connectivity index (χ3n) is 3.37. The van der Waals surface area contributed by atoms with Gasteiger partial charge in [0.2, 0.25) is 0 Å². The topological polar surface area (TPSA) is 38.5 Å². The molecule has 0 aromatic heterocycles. The molecular formula is C14H21BrN2O. The molecule has 2 N–H and O–H groups in total. The predicted molar refractivity (Wildman–Crippen MR) is 77.5 cm³/mol. The van der Waals surface area contributed by atoms with Gasteiger partial charge in [-0.15, -0.1) is 0 Å². The van der Waals surface area contributed by atoms with Crippen molar-refractivity contribution in [3.63, 3.8) is 0 Å². The molecule has 100 valence electrons. The van der Waals surface area contributed by atoms with E-state index in [4.69, 9.17) is 10.5 Å². The average molecular weight is 313 g/mol. The third kappa shape index (κ3) is 3.32. The summed E-state index contributed by atoms with van der Waals surface area (Å²) >= 11 is 3.47. The normalized spacial score (nSPS) is 27.1. The largest absolute Gasteiger partial charge is 0.373 e. The maximum atomic E-state index is 5.97. The van der Waals surface area contributed by atoms with Crippen molar-refractivity contribution in [1.29, 1.82) is 0 Å². The van der Waals surface area contributed by atoms with E-state index in [0.29, 0.717) is 6.54 Å². The summed E-state index contributed by atoms with van der Waals surface area (Å²) in [7, 11) is 0. The second-order valence-corrected chi connectivity index (χ2v) is 5.93. The smallest absolute Gasteiger partial charge is 0.0678 e. The fourth-order valence-corrected chi connectivity index (χ4v) is 2.92. The molecule has 18 heavy (non-hydrogen) atoms. The Kier molecular flexibility index (Phi) is 4.78. The van der Waals surface area contributed by atoms with E-state index in [1.54, 1.807) is 0 Å². The zero-order valence-corrected chi connectivity index (χ0v) is 12.6. The fraction of sp³-hybridized carbons (Fsp3) is 0.571. The molecular weight excluding hydrogens is 292 g/mol. The quantitative estimate of drug-likeness (QED) is 0.932. The maximum absolute atomic E-state index is 5.97. The average Bonchev–Trinajstić information content (AvgIpc) is 2.31. The van der Waals surface area contributed by atoms with Crippen LogP contribution in [0.2, 0.25) is 0 Å². The van der Waals surface area contributed by atoms with Crippen molar-refractivity contribution < 1.29 is 4.74 Å². The van der Waals surface area contributed by atoms with Crippen LogP contribution < -0.4 is 5.73 Å². The SMILES string of the molecule is C[C@@H]1CN([C@H](CN)c2ccc(Br)cc2)C[C@@H](C)O1. The second-order valence-electron chi connectivity index (χ2n) is 5.01. The van der Waals surface area contributed by atoms with Gasteiger partial charge in [-0.2, -0.15) is 0 Å². The molecule has 1 fully saturated rings. The Morgan fingerprint density at radius 3 is 2.33 bits per heavy atom. The molecule has 3 nitrogen and oxygen atoms in total. The van der Waals surface area contributed by atoms with E-state index in [2.05, 4.69) is 58.9 Å². The van der Waals surface area contributed by atoms with Crippen LogP contribution in [0, 0.1) is 0 Å². The van der Waals surface area contributed by atoms with Gasteiger partial charge in [-0.3, -0.25) is 4.90 Å². The van der Waals surface area contributed by atoms with Crippen molar-refractivity contribution in [2.75, 3.05) is 19.6 Å². The lowest BCUT2D eigenvalue weighted by Gasteiger charge is -2.40. The number of hydrogen-bond donors (Lipinski definition) is 1. The first kappa shape index (κ1) is 14.0. The molecule has 1 heterocycles. The zero-order chi connectivity index (χ0) is 13.1. The Morgan fingerprint density at radius 2 is 1.83 bits per heavy atom. The molecule has 1 saturated heterocycles. The molecule has 0 aliphatic carbocycles. The zero-order valence-electron chi connectivity index (χ0n) is 11.0. The van der Waals surface area contributed by atoms with Crippen molar-refractivity contribution in [3.8, 4) is 0 Å². The minimum absolute atomic E-state index is 0.276. The van der Waals surface area contributed by atoms with Crippen LogP contribution in [-0.2, 0) is 4.74 Å². The molecule has 3 atom stereocenters. The molecule has 0 unspecified atom stereocenters. The van der Waals surface area contributed by atoms with Gasteiger partial charge in [-0.25, -0.2) is 0 Å². The highest BCUT2D eigenvalue weighted by atomic mass is 79.9. The van der Waals surface area contributed by atoms with E-state index in [0.717, 1.165) is 17.6 Å². The summed E-state index contributed by atoms with van der Waals surface area (Å²) < 4.78 is 6.88. The van der Waals surface area contributed by atoms with E-state index < -0.39 is 0 Å². The van der Waals surface area contributed by atoms with Gasteiger partial charge in [-0.1, -0.05) is 28.1 Å². The summed E-state index contributed by atoms with van der Waals surface area (Å²) in [6, 6.07) is 8.72. The van der Waals surface area contributed by atoms with E-state index in [1.165, 1.54) is 5.56 Å². The molecule has 1 aliphatic heterocycles. The first-order valence-corrected chi connectivity index (χ1v) is 7.24. The summed E-state index contributed by atoms with van der Waals surface area (Å²) in [5, 5.41) is 0. The number of halogens is 1. The lowest BCUT2D eigenvalue weighted by Crippen LogP contribution is -2.48. The minimum atomic E-state index is 0.276. The van der Waals surface area contributed by atoms with Crippen LogP contribution in [0.15, 0.2) is 28.7 Å². The summed E-state index contributed by atoms with van der Waals surface area (Å²) in [6.45, 7) is 6.78. The van der Waals surface area contributed by atoms with Gasteiger partial charge in [0.25, 0.3) is 0 Å². The van der Waals surface area contributed by atoms with Crippen molar-refractivity contribution in [3.05, 3.63) is 34.3 Å². The van der Waals surface area contributed by atoms with Gasteiger partial charge in [0.15, 0.2) is 0 Å². The molecule has 4 heteroatoms. The molecule has 0 radical (unpaired) electrons. The lowest BCUT2D eigenvalue weighted by atomic mass is 10.0. The molecule has 1 aromatic carbocycles. The minimum Gasteiger partial charge on any atom is -0.373 e. The number of nitrogens with zero attached hydrogens (tertiary/aromatic N) is 1. The second kappa shape index (κ2) is 6.15. The Bertz CT molecular complexity index is 372. The number of hydrogen-bond acceptors (Lipinski definition) is 3. The van der Waals surface area contributed by atoms with E-state index in [9.17, 15) is 0 Å². The monoisotopic (exact) mass is 312 g/mol. The van der Waals surface area contributed by atoms with E-state index >= 15 is 0 Å². The highest BCUT2D eigenvalue weighted by Crippen LogP contribution is 2.25. The lowest BCUT2D eigenvalue weighted by molar-refractivity contribution is -0.0799. The molecule has 1 aliphatic rings. The fourth-order valence-electron chi connectivity index (χ4n) is 2.65. The van der Waals surface area contributed by atoms with Gasteiger partial charge < -0.3 is 10.5 Å². The standard InChI is InChI=1S/C14H21BrN2O/c1-10-8-17(9-11(2)18-10)14(7-16)12-3-5-13(15)6-4-12/h3-6,10-11,14H,7-9,16H2,1-2H3/t10-,11-,14-/m1/s1. The van der Waals surface area contributed by atoms with Crippen molar-refractivity contribution in [2.45, 2.75) is 32.1 Å². The molecule has 0 spiro atoms. The molecule has 2 rings (SSSR count). The van der Waals surface area contributed by atoms with Crippen molar-refractivity contribution in [1.82, 2.24) is 4.90 Å². The Morgan fingerprint density at radius 1 is 1.28 bits per heavy atom. The van der Waals surface area contributed by atoms with Crippen LogP contribution in [0.3, 0.4) is 0 Å². The number of morpholine rings is 1. The number of rotatable bonds is 3. The van der Waals surface area contributed by atoms with Crippen molar-refractivity contribution in [2.24, 2.45) is 5.73 Å². The highest BCUT2D eigenvalue weighted by Gasteiger charge is 2.27. The summed E-state index contributed by atoms with van der Waals surface area (Å²) in [5.41, 5.74) is 7.25. The van der Waals surface area contributed by atoms with E-state index in [1.807, 2.05) is 0 Å². The third-order valence-corrected chi connectivity index (χ3v) is 3.90. The Hall–Kier alpha value is -0.420. The Labute approximate surface area is 117 Å². The maximum Gasteiger partial charge on any atom is 0.0678 e. The van der Waals surface area contributed by atoms with Crippen LogP contribution in [0.25, 0.3) is 0 Å². The Balaban J connectivity index is 2.14. The van der Waals surface area contributed by atoms with Gasteiger partial charge in [0, 0.05) is 30.1 Å². The van der Waals surface area contributed by atoms with Gasteiger partial charge in [0.05, 0.1) is 12.2 Å². The van der Waals surface area contributed by atoms with Crippen LogP contribution in [-0.4, -0.2) is 36.7 Å². The number of benzene rings is 1. The summed E-state index contributed by atoms with van der Waals surface area (Å²) in [4.78, 5) is 2.43. The first-order valence-electron chi connectivity index (χ1n) is 6.45. The number of ether oxygens (including phenoxy) is 1.